The number of rotatable bonds is 0. The number of H-pyrrole nitrogens is 2. The Morgan fingerprint density at radius 3 is 1.17 bits per heavy atom. The molecule has 0 spiro atoms. The molecule has 2 aromatic heterocycles. The molecule has 3 fully saturated rings. The Morgan fingerprint density at radius 2 is 1.08 bits per heavy atom. The van der Waals surface area contributed by atoms with Gasteiger partial charge in [-0.15, -0.1) is 5.53 Å². The highest BCUT2D eigenvalue weighted by molar-refractivity contribution is 7.95. The lowest BCUT2D eigenvalue weighted by molar-refractivity contribution is -0.144. The van der Waals surface area contributed by atoms with Crippen molar-refractivity contribution in [1.29, 1.82) is 0 Å². The summed E-state index contributed by atoms with van der Waals surface area (Å²) in [6.07, 6.45) is 5.10. The van der Waals surface area contributed by atoms with Crippen LogP contribution >= 0.6 is 11.7 Å². The summed E-state index contributed by atoms with van der Waals surface area (Å²) in [6.45, 7) is 45.5. The van der Waals surface area contributed by atoms with E-state index in [2.05, 4.69) is 200 Å². The summed E-state index contributed by atoms with van der Waals surface area (Å²) >= 11 is 1.05. The van der Waals surface area contributed by atoms with Crippen molar-refractivity contribution in [2.24, 2.45) is 46.5 Å². The number of carbonyl (C=O) groups excluding carboxylic acids is 5. The number of aromatic nitrogens is 4. The molecule has 7 N–H and O–H groups in total. The van der Waals surface area contributed by atoms with E-state index in [1.54, 1.807) is 0 Å². The van der Waals surface area contributed by atoms with E-state index in [0.717, 1.165) is 64.6 Å². The van der Waals surface area contributed by atoms with Crippen LogP contribution in [0.5, 0.6) is 0 Å². The van der Waals surface area contributed by atoms with Crippen LogP contribution in [0.2, 0.25) is 0 Å². The number of hydroxylamine groups is 1. The monoisotopic (exact) mass is 1170 g/mol. The largest absolute Gasteiger partial charge is 0.438 e. The predicted octanol–water partition coefficient (Wildman–Crippen LogP) is 5.70. The number of hydrogen-bond donors (Lipinski definition) is 7. The van der Waals surface area contributed by atoms with Gasteiger partial charge in [-0.2, -0.15) is 15.0 Å². The van der Waals surface area contributed by atoms with Crippen molar-refractivity contribution in [1.82, 2.24) is 45.6 Å². The Bertz CT molecular complexity index is 2060. The number of nitrogens with one attached hydrogen (secondary N) is 7. The predicted molar refractivity (Wildman–Crippen MR) is 303 cm³/mol. The molecule has 0 radical (unpaired) electrons. The number of carbonyl (C=O) groups is 5. The number of ketones is 3. The number of sulfonamides is 1. The topological polar surface area (TPSA) is 374 Å². The lowest BCUT2D eigenvalue weighted by Gasteiger charge is -1.83. The lowest BCUT2D eigenvalue weighted by Crippen LogP contribution is -2.31. The second kappa shape index (κ2) is 52.1. The van der Waals surface area contributed by atoms with Crippen LogP contribution in [0.1, 0.15) is 158 Å². The molecule has 5 aliphatic heterocycles. The molecule has 0 aromatic carbocycles. The van der Waals surface area contributed by atoms with Crippen LogP contribution < -0.4 is 38.0 Å². The van der Waals surface area contributed by atoms with Crippen LogP contribution in [-0.4, -0.2) is 109 Å². The van der Waals surface area contributed by atoms with Gasteiger partial charge in [0, 0.05) is 23.6 Å². The highest BCUT2D eigenvalue weighted by Crippen LogP contribution is 2.05. The number of hydrazine groups is 2. The second-order valence-electron chi connectivity index (χ2n) is 20.6. The van der Waals surface area contributed by atoms with E-state index in [1.807, 2.05) is 5.48 Å². The number of hydrazone groups is 1. The SMILES string of the molecule is C1=NNNN1.CC(C)C.CC(C)C.CC(C)C.CC(C)C.CC(C)C.CC(C)C.CC(C)C.O=C1C=CS(=O)(=O)C1.O=C1CC(=O)ON1.O=C1CCS(=O)(=O)C1.O=C1CNS(=O)(=O)C1.O=c1[nH]cno1.O=c1cns[nH]1. The summed E-state index contributed by atoms with van der Waals surface area (Å²) in [5.74, 6) is 2.85. The van der Waals surface area contributed by atoms with Gasteiger partial charge in [-0.05, 0) is 47.5 Å². The van der Waals surface area contributed by atoms with Crippen molar-refractivity contribution in [3.05, 3.63) is 44.9 Å². The zero-order valence-electron chi connectivity index (χ0n) is 49.0. The van der Waals surface area contributed by atoms with E-state index in [0.29, 0.717) is 0 Å². The van der Waals surface area contributed by atoms with Crippen molar-refractivity contribution in [3.63, 3.8) is 0 Å². The van der Waals surface area contributed by atoms with Crippen LogP contribution in [0.3, 0.4) is 0 Å². The molecule has 0 saturated carbocycles. The van der Waals surface area contributed by atoms with Crippen molar-refractivity contribution in [2.75, 3.05) is 29.6 Å². The maximum absolute atomic E-state index is 10.4. The second-order valence-corrected chi connectivity index (χ2v) is 27.0. The molecular formula is C47H96N10O15S4. The van der Waals surface area contributed by atoms with Gasteiger partial charge in [0.05, 0.1) is 12.3 Å². The fraction of sp³-hybridized carbons (Fsp3) is 0.745. The molecular weight excluding hydrogens is 1070 g/mol. The fourth-order valence-corrected chi connectivity index (χ4v) is 6.09. The molecule has 2 aromatic rings. The van der Waals surface area contributed by atoms with Crippen molar-refractivity contribution in [2.45, 2.75) is 158 Å². The molecule has 0 atom stereocenters. The Kier molecular flexibility index (Phi) is 58.2. The zero-order valence-corrected chi connectivity index (χ0v) is 52.2. The first-order valence-electron chi connectivity index (χ1n) is 24.4. The van der Waals surface area contributed by atoms with Gasteiger partial charge in [-0.25, -0.2) is 45.1 Å². The summed E-state index contributed by atoms with van der Waals surface area (Å²) < 4.78 is 74.0. The number of Topliss-reactive ketones (excluding diaryl/α,β-unsaturated/α-hetero) is 2. The van der Waals surface area contributed by atoms with Gasteiger partial charge in [0.15, 0.2) is 31.2 Å². The average molecular weight is 1170 g/mol. The smallest absolute Gasteiger partial charge is 0.340 e. The standard InChI is InChI=1S/C4H6O3S.C4H4O3S.7C4H10.C3H5NO3S.C3H3NO3.C2H2N2O2.C2H2N2OS.CH4N4/c2*5-4-1-2-8(6,7)3-4;7*1-4(2)3;5-3-1-4-8(6,7)2-3;5-2-1-3(6)7-4-2;5-2-3-1-4-6-2;5-2-1-3-6-4-2;1-2-4-5-3-1/h1-3H2;1-2H,3H2;7*4H,1-3H3;4H,1-2H2;1H2,(H,4,5);1H,(H,3,4,5);1H,(H,4,5);1,4-5H,(H,2,3). The van der Waals surface area contributed by atoms with Gasteiger partial charge in [0.2, 0.25) is 10.0 Å². The molecule has 3 saturated heterocycles. The van der Waals surface area contributed by atoms with Gasteiger partial charge in [-0.1, -0.05) is 151 Å². The average Bonchev–Trinajstić information content (AvgIpc) is 4.08. The molecule has 7 rings (SSSR count). The first kappa shape index (κ1) is 85.0. The Hall–Kier alpha value is -4.97. The number of allylic oxidation sites excluding steroid dienone is 1. The molecule has 1 amide bonds. The highest BCUT2D eigenvalue weighted by atomic mass is 32.2. The molecule has 76 heavy (non-hydrogen) atoms. The minimum atomic E-state index is -3.20. The highest BCUT2D eigenvalue weighted by Gasteiger charge is 2.25. The summed E-state index contributed by atoms with van der Waals surface area (Å²) in [5, 5.41) is 7.50. The van der Waals surface area contributed by atoms with Gasteiger partial charge >= 0.3 is 11.7 Å². The van der Waals surface area contributed by atoms with Crippen LogP contribution in [0.25, 0.3) is 0 Å². The Morgan fingerprint density at radius 1 is 0.618 bits per heavy atom. The zero-order chi connectivity index (χ0) is 61.3. The number of amides is 1. The van der Waals surface area contributed by atoms with E-state index in [9.17, 15) is 58.8 Å². The normalized spacial score (nSPS) is 15.7. The number of sulfone groups is 2. The van der Waals surface area contributed by atoms with E-state index in [4.69, 9.17) is 0 Å². The van der Waals surface area contributed by atoms with Gasteiger partial charge in [-0.3, -0.25) is 43.3 Å². The molecule has 0 aliphatic carbocycles. The maximum atomic E-state index is 10.4. The Balaban J connectivity index is -0.000000136. The molecule has 7 heterocycles. The number of hydrogen-bond acceptors (Lipinski definition) is 22. The first-order chi connectivity index (χ1) is 34.5. The van der Waals surface area contributed by atoms with E-state index in [-0.39, 0.29) is 71.2 Å². The van der Waals surface area contributed by atoms with Crippen molar-refractivity contribution >= 4 is 77.0 Å². The quantitative estimate of drug-likeness (QED) is 0.156. The third-order valence-electron chi connectivity index (χ3n) is 4.36. The van der Waals surface area contributed by atoms with Crippen molar-refractivity contribution in [3.8, 4) is 0 Å². The van der Waals surface area contributed by atoms with Crippen LogP contribution in [0.15, 0.2) is 43.2 Å². The third kappa shape index (κ3) is 102. The first-order valence-corrected chi connectivity index (χ1v) is 30.4. The molecule has 0 unspecified atom stereocenters. The summed E-state index contributed by atoms with van der Waals surface area (Å²) in [5.41, 5.74) is 9.26. The fourth-order valence-electron chi connectivity index (χ4n) is 2.47. The maximum Gasteiger partial charge on any atom is 0.438 e. The Labute approximate surface area is 458 Å². The van der Waals surface area contributed by atoms with Crippen LogP contribution in [0.4, 0.5) is 0 Å². The minimum absolute atomic E-state index is 0.0255. The third-order valence-corrected chi connectivity index (χ3v) is 8.98. The van der Waals surface area contributed by atoms with Gasteiger partial charge in [0.1, 0.15) is 48.3 Å². The van der Waals surface area contributed by atoms with E-state index in [1.165, 1.54) is 18.9 Å². The van der Waals surface area contributed by atoms with Crippen molar-refractivity contribution < 1.29 is 58.6 Å². The lowest BCUT2D eigenvalue weighted by atomic mass is 10.3. The molecule has 0 bridgehead atoms. The van der Waals surface area contributed by atoms with Crippen LogP contribution in [0, 0.1) is 41.4 Å². The molecule has 5 aliphatic rings. The van der Waals surface area contributed by atoms with E-state index < -0.39 is 41.4 Å². The van der Waals surface area contributed by atoms with Crippen LogP contribution in [-0.2, 0) is 58.5 Å². The number of nitrogens with zero attached hydrogens (tertiary/aromatic N) is 3. The number of aromatic amines is 2. The molecule has 448 valence electrons. The van der Waals surface area contributed by atoms with Gasteiger partial charge in [0.25, 0.3) is 11.5 Å². The summed E-state index contributed by atoms with van der Waals surface area (Å²) in [4.78, 5) is 76.6. The van der Waals surface area contributed by atoms with Gasteiger partial charge < -0.3 is 4.84 Å². The molecule has 29 heteroatoms. The minimum Gasteiger partial charge on any atom is -0.340 e. The summed E-state index contributed by atoms with van der Waals surface area (Å²) in [7, 11) is -9.27. The van der Waals surface area contributed by atoms with E-state index >= 15 is 0 Å². The summed E-state index contributed by atoms with van der Waals surface area (Å²) in [6, 6.07) is 0. The molecule has 25 nitrogen and oxygen atoms in total.